The number of carboxylic acid groups (broad SMARTS) is 1. The number of amides is 1. The van der Waals surface area contributed by atoms with Crippen LogP contribution >= 0.6 is 0 Å². The van der Waals surface area contributed by atoms with E-state index >= 15 is 0 Å². The van der Waals surface area contributed by atoms with Crippen LogP contribution in [-0.4, -0.2) is 41.5 Å². The largest absolute Gasteiger partial charge is 0.479 e. The van der Waals surface area contributed by atoms with E-state index in [2.05, 4.69) is 17.4 Å². The van der Waals surface area contributed by atoms with E-state index in [0.717, 1.165) is 22.3 Å². The number of nitrogens with one attached hydrogen (secondary N) is 1. The molecule has 146 valence electrons. The van der Waals surface area contributed by atoms with Gasteiger partial charge in [0.1, 0.15) is 6.61 Å². The van der Waals surface area contributed by atoms with Crippen LogP contribution in [0.2, 0.25) is 0 Å². The van der Waals surface area contributed by atoms with Gasteiger partial charge in [0.2, 0.25) is 0 Å². The lowest BCUT2D eigenvalue weighted by atomic mass is 9.90. The van der Waals surface area contributed by atoms with Crippen molar-refractivity contribution in [3.8, 4) is 11.1 Å². The molecule has 1 saturated heterocycles. The van der Waals surface area contributed by atoms with Crippen molar-refractivity contribution in [2.75, 3.05) is 13.2 Å². The lowest BCUT2D eigenvalue weighted by Crippen LogP contribution is -2.56. The number of carbonyl (C=O) groups is 2. The van der Waals surface area contributed by atoms with Gasteiger partial charge in [0.15, 0.2) is 5.54 Å². The summed E-state index contributed by atoms with van der Waals surface area (Å²) in [4.78, 5) is 24.2. The lowest BCUT2D eigenvalue weighted by Gasteiger charge is -2.25. The van der Waals surface area contributed by atoms with Crippen molar-refractivity contribution in [1.82, 2.24) is 5.32 Å². The maximum atomic E-state index is 12.4. The number of carboxylic acids is 1. The summed E-state index contributed by atoms with van der Waals surface area (Å²) in [6.07, 6.45) is -0.565. The number of ether oxygens (including phenoxy) is 2. The predicted octanol–water partition coefficient (Wildman–Crippen LogP) is 3.55. The molecule has 0 bridgehead atoms. The standard InChI is InChI=1S/C22H23NO5/c1-21(2)12-22(13-28-21,19(24)25)23-20(26)27-11-18-16-9-5-3-7-14(16)15-8-4-6-10-17(15)18/h3-10,18H,11-13H2,1-2H3,(H,23,26)(H,24,25). The number of hydrogen-bond donors (Lipinski definition) is 2. The van der Waals surface area contributed by atoms with E-state index in [1.54, 1.807) is 13.8 Å². The van der Waals surface area contributed by atoms with Gasteiger partial charge in [-0.05, 0) is 36.1 Å². The van der Waals surface area contributed by atoms with Gasteiger partial charge in [-0.2, -0.15) is 0 Å². The molecule has 0 radical (unpaired) electrons. The SMILES string of the molecule is CC1(C)CC(NC(=O)OCC2c3ccccc3-c3ccccc32)(C(=O)O)CO1. The molecule has 1 amide bonds. The number of carbonyl (C=O) groups excluding carboxylic acids is 1. The summed E-state index contributed by atoms with van der Waals surface area (Å²) in [5.74, 6) is -1.19. The van der Waals surface area contributed by atoms with E-state index < -0.39 is 23.2 Å². The number of hydrogen-bond acceptors (Lipinski definition) is 4. The van der Waals surface area contributed by atoms with Crippen molar-refractivity contribution in [3.63, 3.8) is 0 Å². The molecule has 1 unspecified atom stereocenters. The molecule has 6 heteroatoms. The third kappa shape index (κ3) is 3.14. The summed E-state index contributed by atoms with van der Waals surface area (Å²) < 4.78 is 11.0. The van der Waals surface area contributed by atoms with Crippen LogP contribution in [0.3, 0.4) is 0 Å². The first-order valence-electron chi connectivity index (χ1n) is 9.32. The van der Waals surface area contributed by atoms with Crippen LogP contribution in [0.1, 0.15) is 37.3 Å². The number of aliphatic carboxylic acids is 1. The van der Waals surface area contributed by atoms with Crippen molar-refractivity contribution in [1.29, 1.82) is 0 Å². The molecule has 4 rings (SSSR count). The van der Waals surface area contributed by atoms with Crippen LogP contribution in [0, 0.1) is 0 Å². The van der Waals surface area contributed by atoms with Gasteiger partial charge in [0.05, 0.1) is 12.2 Å². The van der Waals surface area contributed by atoms with E-state index in [4.69, 9.17) is 9.47 Å². The average molecular weight is 381 g/mol. The summed E-state index contributed by atoms with van der Waals surface area (Å²) >= 11 is 0. The van der Waals surface area contributed by atoms with Crippen molar-refractivity contribution < 1.29 is 24.2 Å². The van der Waals surface area contributed by atoms with E-state index in [0.29, 0.717) is 0 Å². The minimum atomic E-state index is -1.47. The number of benzene rings is 2. The highest BCUT2D eigenvalue weighted by atomic mass is 16.6. The Labute approximate surface area is 163 Å². The Morgan fingerprint density at radius 2 is 1.68 bits per heavy atom. The van der Waals surface area contributed by atoms with Crippen LogP contribution < -0.4 is 5.32 Å². The Balaban J connectivity index is 1.49. The Bertz CT molecular complexity index is 893. The lowest BCUT2D eigenvalue weighted by molar-refractivity contribution is -0.144. The van der Waals surface area contributed by atoms with E-state index in [-0.39, 0.29) is 25.6 Å². The third-order valence-electron chi connectivity index (χ3n) is 5.53. The van der Waals surface area contributed by atoms with Gasteiger partial charge in [0.25, 0.3) is 0 Å². The monoisotopic (exact) mass is 381 g/mol. The fourth-order valence-electron chi connectivity index (χ4n) is 4.25. The zero-order chi connectivity index (χ0) is 19.9. The summed E-state index contributed by atoms with van der Waals surface area (Å²) in [7, 11) is 0. The molecule has 0 spiro atoms. The smallest absolute Gasteiger partial charge is 0.408 e. The van der Waals surface area contributed by atoms with Crippen LogP contribution in [-0.2, 0) is 14.3 Å². The summed E-state index contributed by atoms with van der Waals surface area (Å²) in [5.41, 5.74) is 2.41. The highest BCUT2D eigenvalue weighted by Crippen LogP contribution is 2.44. The molecule has 2 aromatic carbocycles. The second-order valence-corrected chi connectivity index (χ2v) is 8.06. The van der Waals surface area contributed by atoms with Gasteiger partial charge in [-0.15, -0.1) is 0 Å². The second kappa shape index (κ2) is 6.63. The third-order valence-corrected chi connectivity index (χ3v) is 5.53. The second-order valence-electron chi connectivity index (χ2n) is 8.06. The van der Waals surface area contributed by atoms with Crippen LogP contribution in [0.15, 0.2) is 48.5 Å². The topological polar surface area (TPSA) is 84.9 Å². The van der Waals surface area contributed by atoms with Crippen molar-refractivity contribution in [2.24, 2.45) is 0 Å². The molecule has 1 atom stereocenters. The fourth-order valence-corrected chi connectivity index (χ4v) is 4.25. The molecular formula is C22H23NO5. The Kier molecular flexibility index (Phi) is 4.38. The van der Waals surface area contributed by atoms with E-state index in [9.17, 15) is 14.7 Å². The van der Waals surface area contributed by atoms with Crippen LogP contribution in [0.5, 0.6) is 0 Å². The maximum Gasteiger partial charge on any atom is 0.408 e. The van der Waals surface area contributed by atoms with Gasteiger partial charge >= 0.3 is 12.1 Å². The normalized spacial score (nSPS) is 22.4. The van der Waals surface area contributed by atoms with Gasteiger partial charge in [-0.1, -0.05) is 48.5 Å². The van der Waals surface area contributed by atoms with Crippen molar-refractivity contribution in [2.45, 2.75) is 37.3 Å². The maximum absolute atomic E-state index is 12.4. The average Bonchev–Trinajstić information content (AvgIpc) is 3.15. The molecule has 2 aromatic rings. The highest BCUT2D eigenvalue weighted by molar-refractivity contribution is 5.85. The van der Waals surface area contributed by atoms with E-state index in [1.807, 2.05) is 36.4 Å². The zero-order valence-electron chi connectivity index (χ0n) is 15.9. The van der Waals surface area contributed by atoms with Crippen LogP contribution in [0.4, 0.5) is 4.79 Å². The Morgan fingerprint density at radius 3 is 2.18 bits per heavy atom. The van der Waals surface area contributed by atoms with Crippen molar-refractivity contribution in [3.05, 3.63) is 59.7 Å². The fraction of sp³-hybridized carbons (Fsp3) is 0.364. The molecule has 0 saturated carbocycles. The molecule has 1 heterocycles. The Morgan fingerprint density at radius 1 is 1.11 bits per heavy atom. The number of rotatable bonds is 4. The molecule has 1 aliphatic carbocycles. The highest BCUT2D eigenvalue weighted by Gasteiger charge is 2.51. The minimum absolute atomic E-state index is 0.0739. The molecule has 2 aliphatic rings. The molecular weight excluding hydrogens is 358 g/mol. The minimum Gasteiger partial charge on any atom is -0.479 e. The zero-order valence-corrected chi connectivity index (χ0v) is 15.9. The molecule has 6 nitrogen and oxygen atoms in total. The quantitative estimate of drug-likeness (QED) is 0.846. The van der Waals surface area contributed by atoms with Gasteiger partial charge in [-0.25, -0.2) is 9.59 Å². The number of fused-ring (bicyclic) bond motifs is 3. The predicted molar refractivity (Wildman–Crippen MR) is 103 cm³/mol. The van der Waals surface area contributed by atoms with Crippen molar-refractivity contribution >= 4 is 12.1 Å². The van der Waals surface area contributed by atoms with Gasteiger partial charge < -0.3 is 19.9 Å². The van der Waals surface area contributed by atoms with Gasteiger partial charge in [0, 0.05) is 12.3 Å². The number of alkyl carbamates (subject to hydrolysis) is 1. The summed E-state index contributed by atoms with van der Waals surface area (Å²) in [5, 5.41) is 12.2. The first-order chi connectivity index (χ1) is 13.3. The first kappa shape index (κ1) is 18.5. The molecule has 1 fully saturated rings. The summed E-state index contributed by atoms with van der Waals surface area (Å²) in [6.45, 7) is 3.66. The summed E-state index contributed by atoms with van der Waals surface area (Å²) in [6, 6.07) is 16.1. The molecule has 1 aliphatic heterocycles. The first-order valence-corrected chi connectivity index (χ1v) is 9.32. The molecule has 0 aromatic heterocycles. The molecule has 28 heavy (non-hydrogen) atoms. The van der Waals surface area contributed by atoms with Gasteiger partial charge in [-0.3, -0.25) is 0 Å². The molecule has 2 N–H and O–H groups in total. The van der Waals surface area contributed by atoms with E-state index in [1.165, 1.54) is 0 Å². The Hall–Kier alpha value is -2.86. The van der Waals surface area contributed by atoms with Crippen LogP contribution in [0.25, 0.3) is 11.1 Å².